The molecule has 0 bridgehead atoms. The van der Waals surface area contributed by atoms with E-state index in [0.29, 0.717) is 12.3 Å². The fourth-order valence-corrected chi connectivity index (χ4v) is 1.80. The summed E-state index contributed by atoms with van der Waals surface area (Å²) in [4.78, 5) is 0. The number of nitrogens with one attached hydrogen (secondary N) is 1. The van der Waals surface area contributed by atoms with Crippen LogP contribution in [0, 0.1) is 11.3 Å². The first-order chi connectivity index (χ1) is 6.85. The van der Waals surface area contributed by atoms with Crippen LogP contribution >= 0.6 is 0 Å². The van der Waals surface area contributed by atoms with Crippen LogP contribution in [0.15, 0.2) is 18.2 Å². The van der Waals surface area contributed by atoms with Crippen LogP contribution in [0.5, 0.6) is 5.75 Å². The van der Waals surface area contributed by atoms with Gasteiger partial charge in [-0.2, -0.15) is 5.26 Å². The van der Waals surface area contributed by atoms with Crippen LogP contribution in [0.2, 0.25) is 0 Å². The molecule has 3 nitrogen and oxygen atoms in total. The van der Waals surface area contributed by atoms with Crippen LogP contribution in [0.1, 0.15) is 17.9 Å². The number of nitriles is 1. The molecule has 0 amide bonds. The molecule has 3 heteroatoms. The zero-order valence-corrected chi connectivity index (χ0v) is 8.08. The molecule has 0 spiro atoms. The highest BCUT2D eigenvalue weighted by Crippen LogP contribution is 2.35. The number of anilines is 1. The first-order valence-corrected chi connectivity index (χ1v) is 4.64. The minimum absolute atomic E-state index is 0.310. The summed E-state index contributed by atoms with van der Waals surface area (Å²) in [6.07, 6.45) is 0.563. The van der Waals surface area contributed by atoms with Crippen LogP contribution in [0.4, 0.5) is 5.69 Å². The first-order valence-electron chi connectivity index (χ1n) is 4.64. The maximum atomic E-state index is 8.67. The molecule has 0 radical (unpaired) electrons. The molecule has 1 unspecified atom stereocenters. The topological polar surface area (TPSA) is 45.0 Å². The Labute approximate surface area is 83.3 Å². The molecular formula is C11H12N2O. The van der Waals surface area contributed by atoms with Gasteiger partial charge in [-0.25, -0.2) is 0 Å². The van der Waals surface area contributed by atoms with Gasteiger partial charge < -0.3 is 10.1 Å². The monoisotopic (exact) mass is 188 g/mol. The van der Waals surface area contributed by atoms with Gasteiger partial charge in [-0.15, -0.1) is 0 Å². The van der Waals surface area contributed by atoms with Crippen LogP contribution < -0.4 is 10.1 Å². The van der Waals surface area contributed by atoms with E-state index in [0.717, 1.165) is 18.0 Å². The summed E-state index contributed by atoms with van der Waals surface area (Å²) >= 11 is 0. The van der Waals surface area contributed by atoms with Gasteiger partial charge >= 0.3 is 0 Å². The molecule has 1 N–H and O–H groups in total. The zero-order chi connectivity index (χ0) is 9.97. The van der Waals surface area contributed by atoms with Crippen molar-refractivity contribution in [2.45, 2.75) is 12.3 Å². The molecule has 1 aromatic carbocycles. The van der Waals surface area contributed by atoms with Crippen molar-refractivity contribution in [3.63, 3.8) is 0 Å². The summed E-state index contributed by atoms with van der Waals surface area (Å²) in [7, 11) is 1.66. The zero-order valence-electron chi connectivity index (χ0n) is 8.08. The molecule has 72 valence electrons. The van der Waals surface area contributed by atoms with Gasteiger partial charge in [0.2, 0.25) is 0 Å². The van der Waals surface area contributed by atoms with Gasteiger partial charge in [-0.1, -0.05) is 0 Å². The van der Waals surface area contributed by atoms with E-state index >= 15 is 0 Å². The average Bonchev–Trinajstić information content (AvgIpc) is 2.61. The summed E-state index contributed by atoms with van der Waals surface area (Å²) in [5.74, 6) is 1.17. The SMILES string of the molecule is COc1ccc2c(c1)C(CC#N)CN2. The predicted octanol–water partition coefficient (Wildman–Crippen LogP) is 2.12. The van der Waals surface area contributed by atoms with Crippen LogP contribution in [0.25, 0.3) is 0 Å². The van der Waals surface area contributed by atoms with Crippen LogP contribution in [-0.2, 0) is 0 Å². The molecule has 1 aliphatic heterocycles. The molecular weight excluding hydrogens is 176 g/mol. The number of hydrogen-bond donors (Lipinski definition) is 1. The second-order valence-electron chi connectivity index (χ2n) is 3.39. The van der Waals surface area contributed by atoms with E-state index in [2.05, 4.69) is 11.4 Å². The summed E-state index contributed by atoms with van der Waals surface area (Å²) in [6.45, 7) is 0.857. The highest BCUT2D eigenvalue weighted by Gasteiger charge is 2.21. The van der Waals surface area contributed by atoms with Crippen molar-refractivity contribution in [1.82, 2.24) is 0 Å². The number of methoxy groups -OCH3 is 1. The molecule has 14 heavy (non-hydrogen) atoms. The van der Waals surface area contributed by atoms with Gasteiger partial charge in [0.15, 0.2) is 0 Å². The van der Waals surface area contributed by atoms with E-state index in [1.54, 1.807) is 7.11 Å². The van der Waals surface area contributed by atoms with Crippen LogP contribution in [-0.4, -0.2) is 13.7 Å². The molecule has 1 atom stereocenters. The Morgan fingerprint density at radius 1 is 1.64 bits per heavy atom. The molecule has 1 aliphatic rings. The Hall–Kier alpha value is -1.69. The quantitative estimate of drug-likeness (QED) is 0.773. The molecule has 0 aliphatic carbocycles. The number of hydrogen-bond acceptors (Lipinski definition) is 3. The number of nitrogens with zero attached hydrogens (tertiary/aromatic N) is 1. The highest BCUT2D eigenvalue weighted by atomic mass is 16.5. The normalized spacial score (nSPS) is 18.1. The summed E-state index contributed by atoms with van der Waals surface area (Å²) in [5, 5.41) is 11.9. The van der Waals surface area contributed by atoms with E-state index < -0.39 is 0 Å². The molecule has 1 aromatic rings. The van der Waals surface area contributed by atoms with E-state index in [4.69, 9.17) is 10.00 Å². The summed E-state index contributed by atoms with van der Waals surface area (Å²) < 4.78 is 5.16. The molecule has 0 aromatic heterocycles. The van der Waals surface area contributed by atoms with E-state index in [-0.39, 0.29) is 0 Å². The largest absolute Gasteiger partial charge is 0.497 e. The van der Waals surface area contributed by atoms with Gasteiger partial charge in [0.1, 0.15) is 5.75 Å². The van der Waals surface area contributed by atoms with Crippen molar-refractivity contribution in [3.05, 3.63) is 23.8 Å². The smallest absolute Gasteiger partial charge is 0.119 e. The fraction of sp³-hybridized carbons (Fsp3) is 0.364. The minimum Gasteiger partial charge on any atom is -0.497 e. The Kier molecular flexibility index (Phi) is 2.28. The van der Waals surface area contributed by atoms with E-state index in [1.165, 1.54) is 5.56 Å². The lowest BCUT2D eigenvalue weighted by Gasteiger charge is -2.06. The van der Waals surface area contributed by atoms with Crippen molar-refractivity contribution in [3.8, 4) is 11.8 Å². The number of fused-ring (bicyclic) bond motifs is 1. The van der Waals surface area contributed by atoms with Crippen molar-refractivity contribution >= 4 is 5.69 Å². The lowest BCUT2D eigenvalue weighted by atomic mass is 9.98. The van der Waals surface area contributed by atoms with E-state index in [1.807, 2.05) is 18.2 Å². The number of ether oxygens (including phenoxy) is 1. The van der Waals surface area contributed by atoms with Crippen molar-refractivity contribution in [2.75, 3.05) is 19.0 Å². The molecule has 1 heterocycles. The fourth-order valence-electron chi connectivity index (χ4n) is 1.80. The lowest BCUT2D eigenvalue weighted by molar-refractivity contribution is 0.414. The number of rotatable bonds is 2. The maximum Gasteiger partial charge on any atom is 0.119 e. The third-order valence-electron chi connectivity index (χ3n) is 2.58. The maximum absolute atomic E-state index is 8.67. The Bertz CT molecular complexity index is 381. The van der Waals surface area contributed by atoms with Gasteiger partial charge in [-0.05, 0) is 23.8 Å². The van der Waals surface area contributed by atoms with Crippen molar-refractivity contribution in [2.24, 2.45) is 0 Å². The lowest BCUT2D eigenvalue weighted by Crippen LogP contribution is -2.00. The predicted molar refractivity (Wildman–Crippen MR) is 54.5 cm³/mol. The average molecular weight is 188 g/mol. The first kappa shape index (κ1) is 8.89. The highest BCUT2D eigenvalue weighted by molar-refractivity contribution is 5.60. The van der Waals surface area contributed by atoms with E-state index in [9.17, 15) is 0 Å². The molecule has 0 saturated heterocycles. The molecule has 0 fully saturated rings. The standard InChI is InChI=1S/C11H12N2O/c1-14-9-2-3-11-10(6-9)8(4-5-12)7-13-11/h2-3,6,8,13H,4,7H2,1H3. The summed E-state index contributed by atoms with van der Waals surface area (Å²) in [5.41, 5.74) is 2.33. The Balaban J connectivity index is 2.33. The second-order valence-corrected chi connectivity index (χ2v) is 3.39. The Morgan fingerprint density at radius 2 is 2.50 bits per heavy atom. The Morgan fingerprint density at radius 3 is 3.21 bits per heavy atom. The molecule has 0 saturated carbocycles. The van der Waals surface area contributed by atoms with Gasteiger partial charge in [0.05, 0.1) is 13.2 Å². The van der Waals surface area contributed by atoms with Crippen molar-refractivity contribution in [1.29, 1.82) is 5.26 Å². The minimum atomic E-state index is 0.310. The third-order valence-corrected chi connectivity index (χ3v) is 2.58. The van der Waals surface area contributed by atoms with Gasteiger partial charge in [-0.3, -0.25) is 0 Å². The molecule has 2 rings (SSSR count). The van der Waals surface area contributed by atoms with Crippen LogP contribution in [0.3, 0.4) is 0 Å². The number of benzene rings is 1. The second kappa shape index (κ2) is 3.59. The third kappa shape index (κ3) is 1.39. The van der Waals surface area contributed by atoms with Crippen molar-refractivity contribution < 1.29 is 4.74 Å². The summed E-state index contributed by atoms with van der Waals surface area (Å²) in [6, 6.07) is 8.16. The van der Waals surface area contributed by atoms with Gasteiger partial charge in [0.25, 0.3) is 0 Å². The van der Waals surface area contributed by atoms with Gasteiger partial charge in [0, 0.05) is 24.6 Å².